The van der Waals surface area contributed by atoms with Gasteiger partial charge in [-0.2, -0.15) is 26.3 Å². The Morgan fingerprint density at radius 1 is 1.04 bits per heavy atom. The minimum atomic E-state index is -4.83. The highest BCUT2D eigenvalue weighted by molar-refractivity contribution is 5.28. The van der Waals surface area contributed by atoms with Gasteiger partial charge in [-0.3, -0.25) is 4.90 Å². The highest BCUT2D eigenvalue weighted by Gasteiger charge is 2.35. The molecule has 0 spiro atoms. The molecule has 136 valence electrons. The summed E-state index contributed by atoms with van der Waals surface area (Å²) in [5.74, 6) is -1.47. The van der Waals surface area contributed by atoms with Crippen LogP contribution in [0.5, 0.6) is 0 Å². The number of rotatable bonds is 4. The Morgan fingerprint density at radius 3 is 2.17 bits per heavy atom. The van der Waals surface area contributed by atoms with Gasteiger partial charge >= 0.3 is 12.4 Å². The molecule has 1 fully saturated rings. The molecule has 0 aliphatic carbocycles. The smallest absolute Gasteiger partial charge is 0.314 e. The highest BCUT2D eigenvalue weighted by Crippen LogP contribution is 2.36. The monoisotopic (exact) mass is 358 g/mol. The predicted octanol–water partition coefficient (Wildman–Crippen LogP) is 4.13. The van der Waals surface area contributed by atoms with Crippen LogP contribution in [0.3, 0.4) is 0 Å². The fourth-order valence-electron chi connectivity index (χ4n) is 2.82. The first kappa shape index (κ1) is 19.0. The van der Waals surface area contributed by atoms with E-state index in [9.17, 15) is 30.7 Å². The van der Waals surface area contributed by atoms with Gasteiger partial charge in [0, 0.05) is 38.6 Å². The van der Waals surface area contributed by atoms with Gasteiger partial charge in [0.15, 0.2) is 0 Å². The van der Waals surface area contributed by atoms with Crippen molar-refractivity contribution in [1.82, 2.24) is 10.2 Å². The molecule has 1 atom stereocenters. The second-order valence-electron chi connectivity index (χ2n) is 5.69. The average Bonchev–Trinajstić information content (AvgIpc) is 2.46. The second-order valence-corrected chi connectivity index (χ2v) is 5.69. The number of piperazine rings is 1. The Kier molecular flexibility index (Phi) is 5.74. The number of benzene rings is 1. The standard InChI is InChI=1S/C15H17F7N2/c16-12-9-10(1-2-11(12)15(20,21)22)13(3-4-14(17,18)19)24-7-5-23-6-8-24/h1-2,9,13,23H,3-8H2/t13-/m1/s1. The van der Waals surface area contributed by atoms with Crippen LogP contribution in [0.1, 0.15) is 30.0 Å². The summed E-state index contributed by atoms with van der Waals surface area (Å²) in [6.45, 7) is 2.02. The van der Waals surface area contributed by atoms with E-state index in [1.807, 2.05) is 0 Å². The third-order valence-corrected chi connectivity index (χ3v) is 3.98. The zero-order chi connectivity index (χ0) is 18.0. The van der Waals surface area contributed by atoms with Gasteiger partial charge < -0.3 is 5.32 Å². The molecule has 2 rings (SSSR count). The molecule has 1 heterocycles. The molecule has 0 amide bonds. The van der Waals surface area contributed by atoms with Gasteiger partial charge in [-0.25, -0.2) is 4.39 Å². The number of hydrogen-bond acceptors (Lipinski definition) is 2. The van der Waals surface area contributed by atoms with Crippen LogP contribution in [-0.4, -0.2) is 37.3 Å². The van der Waals surface area contributed by atoms with Crippen LogP contribution >= 0.6 is 0 Å². The van der Waals surface area contributed by atoms with Crippen molar-refractivity contribution in [3.63, 3.8) is 0 Å². The van der Waals surface area contributed by atoms with E-state index >= 15 is 0 Å². The first-order valence-corrected chi connectivity index (χ1v) is 7.46. The number of halogens is 7. The van der Waals surface area contributed by atoms with Crippen molar-refractivity contribution in [1.29, 1.82) is 0 Å². The molecule has 9 heteroatoms. The Balaban J connectivity index is 2.26. The molecular weight excluding hydrogens is 341 g/mol. The lowest BCUT2D eigenvalue weighted by Gasteiger charge is -2.35. The number of alkyl halides is 6. The maximum Gasteiger partial charge on any atom is 0.419 e. The van der Waals surface area contributed by atoms with Gasteiger partial charge in [0.05, 0.1) is 5.56 Å². The zero-order valence-corrected chi connectivity index (χ0v) is 12.6. The largest absolute Gasteiger partial charge is 0.419 e. The first-order valence-electron chi connectivity index (χ1n) is 7.46. The molecule has 0 unspecified atom stereocenters. The lowest BCUT2D eigenvalue weighted by atomic mass is 9.97. The molecule has 1 aromatic carbocycles. The summed E-state index contributed by atoms with van der Waals surface area (Å²) in [6.07, 6.45) is -10.6. The molecule has 2 nitrogen and oxygen atoms in total. The summed E-state index contributed by atoms with van der Waals surface area (Å²) in [5.41, 5.74) is -1.28. The molecule has 1 N–H and O–H groups in total. The lowest BCUT2D eigenvalue weighted by molar-refractivity contribution is -0.140. The molecule has 1 aliphatic heterocycles. The number of hydrogen-bond donors (Lipinski definition) is 1. The van der Waals surface area contributed by atoms with E-state index < -0.39 is 36.2 Å². The van der Waals surface area contributed by atoms with Gasteiger partial charge in [0.2, 0.25) is 0 Å². The molecule has 1 saturated heterocycles. The first-order chi connectivity index (χ1) is 11.1. The molecule has 0 bridgehead atoms. The van der Waals surface area contributed by atoms with Crippen LogP contribution in [0.2, 0.25) is 0 Å². The van der Waals surface area contributed by atoms with E-state index in [2.05, 4.69) is 5.32 Å². The van der Waals surface area contributed by atoms with Crippen LogP contribution in [0.25, 0.3) is 0 Å². The van der Waals surface area contributed by atoms with Gasteiger partial charge in [0.25, 0.3) is 0 Å². The summed E-state index contributed by atoms with van der Waals surface area (Å²) in [4.78, 5) is 1.74. The van der Waals surface area contributed by atoms with Crippen molar-refractivity contribution in [2.24, 2.45) is 0 Å². The summed E-state index contributed by atoms with van der Waals surface area (Å²) in [7, 11) is 0. The SMILES string of the molecule is Fc1cc([C@@H](CCC(F)(F)F)N2CCNCC2)ccc1C(F)(F)F. The molecule has 24 heavy (non-hydrogen) atoms. The number of nitrogens with zero attached hydrogens (tertiary/aromatic N) is 1. The highest BCUT2D eigenvalue weighted by atomic mass is 19.4. The Hall–Kier alpha value is -1.35. The van der Waals surface area contributed by atoms with E-state index in [1.165, 1.54) is 0 Å². The van der Waals surface area contributed by atoms with Gasteiger partial charge in [-0.1, -0.05) is 6.07 Å². The van der Waals surface area contributed by atoms with Crippen LogP contribution < -0.4 is 5.32 Å². The molecular formula is C15H17F7N2. The summed E-state index contributed by atoms with van der Waals surface area (Å²) >= 11 is 0. The molecule has 0 radical (unpaired) electrons. The maximum absolute atomic E-state index is 13.8. The van der Waals surface area contributed by atoms with Crippen molar-refractivity contribution < 1.29 is 30.7 Å². The van der Waals surface area contributed by atoms with E-state index in [0.717, 1.165) is 6.07 Å². The minimum absolute atomic E-state index is 0.131. The van der Waals surface area contributed by atoms with Crippen LogP contribution in [0.15, 0.2) is 18.2 Å². The van der Waals surface area contributed by atoms with E-state index in [4.69, 9.17) is 0 Å². The van der Waals surface area contributed by atoms with Crippen molar-refractivity contribution in [2.75, 3.05) is 26.2 Å². The summed E-state index contributed by atoms with van der Waals surface area (Å²) in [6, 6.07) is 1.58. The molecule has 0 saturated carbocycles. The van der Waals surface area contributed by atoms with Crippen molar-refractivity contribution >= 4 is 0 Å². The quantitative estimate of drug-likeness (QED) is 0.814. The molecule has 1 aromatic rings. The zero-order valence-electron chi connectivity index (χ0n) is 12.6. The van der Waals surface area contributed by atoms with E-state index in [1.54, 1.807) is 4.90 Å². The summed E-state index contributed by atoms with van der Waals surface area (Å²) < 4.78 is 89.3. The Labute approximate surface area is 134 Å². The van der Waals surface area contributed by atoms with Crippen molar-refractivity contribution in [2.45, 2.75) is 31.2 Å². The summed E-state index contributed by atoms with van der Waals surface area (Å²) in [5, 5.41) is 3.05. The van der Waals surface area contributed by atoms with Crippen molar-refractivity contribution in [3.8, 4) is 0 Å². The van der Waals surface area contributed by atoms with Gasteiger partial charge in [-0.15, -0.1) is 0 Å². The maximum atomic E-state index is 13.8. The fourth-order valence-corrected chi connectivity index (χ4v) is 2.82. The lowest BCUT2D eigenvalue weighted by Crippen LogP contribution is -2.45. The van der Waals surface area contributed by atoms with Crippen molar-refractivity contribution in [3.05, 3.63) is 35.1 Å². The Morgan fingerprint density at radius 2 is 1.67 bits per heavy atom. The molecule has 0 aromatic heterocycles. The minimum Gasteiger partial charge on any atom is -0.314 e. The predicted molar refractivity (Wildman–Crippen MR) is 73.9 cm³/mol. The second kappa shape index (κ2) is 7.26. The Bertz CT molecular complexity index is 548. The normalized spacial score (nSPS) is 18.6. The van der Waals surface area contributed by atoms with Gasteiger partial charge in [-0.05, 0) is 24.1 Å². The average molecular weight is 358 g/mol. The van der Waals surface area contributed by atoms with Gasteiger partial charge in [0.1, 0.15) is 5.82 Å². The number of nitrogens with one attached hydrogen (secondary N) is 1. The third kappa shape index (κ3) is 5.07. The van der Waals surface area contributed by atoms with Crippen LogP contribution in [0, 0.1) is 5.82 Å². The third-order valence-electron chi connectivity index (χ3n) is 3.98. The molecule has 1 aliphatic rings. The van der Waals surface area contributed by atoms with Crippen LogP contribution in [0.4, 0.5) is 30.7 Å². The topological polar surface area (TPSA) is 15.3 Å². The van der Waals surface area contributed by atoms with Crippen LogP contribution in [-0.2, 0) is 6.18 Å². The van der Waals surface area contributed by atoms with E-state index in [0.29, 0.717) is 38.3 Å². The fraction of sp³-hybridized carbons (Fsp3) is 0.600. The van der Waals surface area contributed by atoms with E-state index in [-0.39, 0.29) is 12.0 Å².